The lowest BCUT2D eigenvalue weighted by molar-refractivity contribution is -0.149. The molecule has 0 unspecified atom stereocenters. The number of halogens is 1. The van der Waals surface area contributed by atoms with Gasteiger partial charge in [0, 0.05) is 17.0 Å². The van der Waals surface area contributed by atoms with E-state index in [1.165, 1.54) is 0 Å². The van der Waals surface area contributed by atoms with E-state index in [2.05, 4.69) is 5.32 Å². The van der Waals surface area contributed by atoms with Crippen LogP contribution in [-0.4, -0.2) is 41.9 Å². The lowest BCUT2D eigenvalue weighted by Crippen LogP contribution is -2.56. The number of nitrogens with one attached hydrogen (secondary N) is 1. The quantitative estimate of drug-likeness (QED) is 0.901. The monoisotopic (exact) mass is 336 g/mol. The van der Waals surface area contributed by atoms with E-state index in [0.29, 0.717) is 31.0 Å². The molecule has 0 aliphatic carbocycles. The minimum atomic E-state index is -0.413. The highest BCUT2D eigenvalue weighted by Gasteiger charge is 2.36. The van der Waals surface area contributed by atoms with Crippen LogP contribution in [0.5, 0.6) is 0 Å². The van der Waals surface area contributed by atoms with Crippen LogP contribution in [-0.2, 0) is 14.3 Å². The highest BCUT2D eigenvalue weighted by molar-refractivity contribution is 6.31. The van der Waals surface area contributed by atoms with E-state index in [4.69, 9.17) is 16.3 Å². The van der Waals surface area contributed by atoms with Gasteiger partial charge in [0.1, 0.15) is 12.1 Å². The van der Waals surface area contributed by atoms with Crippen LogP contribution in [0.4, 0.5) is 0 Å². The lowest BCUT2D eigenvalue weighted by atomic mass is 10.0. The van der Waals surface area contributed by atoms with E-state index in [0.717, 1.165) is 12.0 Å². The summed E-state index contributed by atoms with van der Waals surface area (Å²) in [6, 6.07) is 7.11. The number of benzene rings is 1. The first-order chi connectivity index (χ1) is 11.1. The van der Waals surface area contributed by atoms with E-state index in [-0.39, 0.29) is 24.0 Å². The molecule has 1 aromatic carbocycles. The van der Waals surface area contributed by atoms with Crippen molar-refractivity contribution in [2.24, 2.45) is 0 Å². The molecular weight excluding hydrogens is 316 g/mol. The second-order valence-corrected chi connectivity index (χ2v) is 6.60. The Balaban J connectivity index is 1.74. The molecule has 2 heterocycles. The maximum absolute atomic E-state index is 12.8. The van der Waals surface area contributed by atoms with Crippen LogP contribution in [0.15, 0.2) is 24.3 Å². The molecule has 0 bridgehead atoms. The van der Waals surface area contributed by atoms with Crippen LogP contribution in [0.3, 0.4) is 0 Å². The first kappa shape index (κ1) is 16.3. The van der Waals surface area contributed by atoms with Gasteiger partial charge in [-0.3, -0.25) is 9.59 Å². The van der Waals surface area contributed by atoms with Crippen molar-refractivity contribution in [3.05, 3.63) is 34.9 Å². The van der Waals surface area contributed by atoms with Crippen LogP contribution in [0.2, 0.25) is 5.02 Å². The molecule has 2 fully saturated rings. The molecule has 3 atom stereocenters. The molecule has 2 amide bonds. The van der Waals surface area contributed by atoms with Crippen molar-refractivity contribution in [3.8, 4) is 0 Å². The minimum Gasteiger partial charge on any atom is -0.369 e. The normalized spacial score (nSPS) is 28.3. The second-order valence-electron chi connectivity index (χ2n) is 6.20. The summed E-state index contributed by atoms with van der Waals surface area (Å²) in [4.78, 5) is 26.2. The minimum absolute atomic E-state index is 0.0138. The van der Waals surface area contributed by atoms with Gasteiger partial charge < -0.3 is 15.0 Å². The average molecular weight is 337 g/mol. The van der Waals surface area contributed by atoms with E-state index in [9.17, 15) is 9.59 Å². The largest absolute Gasteiger partial charge is 0.369 e. The summed E-state index contributed by atoms with van der Waals surface area (Å²) in [6.07, 6.45) is 1.73. The standard InChI is InChI=1S/C17H21ClN2O3/c1-11-10-23-15(12-5-2-3-6-13(12)18)9-20(11)17(22)14-7-4-8-16(21)19-14/h2-3,5-6,11,14-15H,4,7-10H2,1H3,(H,19,21)/t11-,14-,15-/m1/s1. The van der Waals surface area contributed by atoms with E-state index >= 15 is 0 Å². The molecule has 0 spiro atoms. The third kappa shape index (κ3) is 3.51. The fourth-order valence-electron chi connectivity index (χ4n) is 3.18. The summed E-state index contributed by atoms with van der Waals surface area (Å²) in [7, 11) is 0. The van der Waals surface area contributed by atoms with Crippen molar-refractivity contribution in [2.45, 2.75) is 44.4 Å². The molecule has 6 heteroatoms. The maximum Gasteiger partial charge on any atom is 0.245 e. The Kier molecular flexibility index (Phi) is 4.87. The van der Waals surface area contributed by atoms with Gasteiger partial charge in [-0.25, -0.2) is 0 Å². The molecule has 1 N–H and O–H groups in total. The van der Waals surface area contributed by atoms with Crippen LogP contribution in [0, 0.1) is 0 Å². The number of carbonyl (C=O) groups excluding carboxylic acids is 2. The van der Waals surface area contributed by atoms with Gasteiger partial charge in [0.2, 0.25) is 11.8 Å². The Morgan fingerprint density at radius 1 is 1.39 bits per heavy atom. The molecule has 5 nitrogen and oxygen atoms in total. The van der Waals surface area contributed by atoms with Crippen LogP contribution < -0.4 is 5.32 Å². The summed E-state index contributed by atoms with van der Waals surface area (Å²) in [5.41, 5.74) is 0.895. The van der Waals surface area contributed by atoms with Gasteiger partial charge in [0.05, 0.1) is 19.2 Å². The Labute approximate surface area is 140 Å². The predicted molar refractivity (Wildman–Crippen MR) is 87.1 cm³/mol. The van der Waals surface area contributed by atoms with Gasteiger partial charge >= 0.3 is 0 Å². The van der Waals surface area contributed by atoms with Crippen molar-refractivity contribution < 1.29 is 14.3 Å². The molecule has 0 radical (unpaired) electrons. The predicted octanol–water partition coefficient (Wildman–Crippen LogP) is 2.30. The second kappa shape index (κ2) is 6.89. The zero-order valence-corrected chi connectivity index (χ0v) is 13.9. The fourth-order valence-corrected chi connectivity index (χ4v) is 3.44. The number of ether oxygens (including phenoxy) is 1. The average Bonchev–Trinajstić information content (AvgIpc) is 2.55. The van der Waals surface area contributed by atoms with Gasteiger partial charge in [0.25, 0.3) is 0 Å². The summed E-state index contributed by atoms with van der Waals surface area (Å²) in [5, 5.41) is 3.45. The molecule has 2 aliphatic heterocycles. The number of rotatable bonds is 2. The molecular formula is C17H21ClN2O3. The molecule has 0 saturated carbocycles. The van der Waals surface area contributed by atoms with E-state index in [1.807, 2.05) is 36.1 Å². The summed E-state index contributed by atoms with van der Waals surface area (Å²) in [6.45, 7) is 2.88. The third-order valence-electron chi connectivity index (χ3n) is 4.50. The maximum atomic E-state index is 12.8. The Hall–Kier alpha value is -1.59. The zero-order valence-electron chi connectivity index (χ0n) is 13.1. The highest BCUT2D eigenvalue weighted by atomic mass is 35.5. The Morgan fingerprint density at radius 2 is 2.17 bits per heavy atom. The van der Waals surface area contributed by atoms with Gasteiger partial charge in [-0.1, -0.05) is 29.8 Å². The van der Waals surface area contributed by atoms with Gasteiger partial charge in [-0.2, -0.15) is 0 Å². The third-order valence-corrected chi connectivity index (χ3v) is 4.84. The van der Waals surface area contributed by atoms with Crippen molar-refractivity contribution in [2.75, 3.05) is 13.2 Å². The highest BCUT2D eigenvalue weighted by Crippen LogP contribution is 2.30. The van der Waals surface area contributed by atoms with E-state index < -0.39 is 6.04 Å². The first-order valence-corrected chi connectivity index (χ1v) is 8.40. The number of nitrogens with zero attached hydrogens (tertiary/aromatic N) is 1. The van der Waals surface area contributed by atoms with Gasteiger partial charge in [-0.15, -0.1) is 0 Å². The first-order valence-electron chi connectivity index (χ1n) is 8.02. The Morgan fingerprint density at radius 3 is 2.91 bits per heavy atom. The summed E-state index contributed by atoms with van der Waals surface area (Å²) >= 11 is 6.25. The van der Waals surface area contributed by atoms with Gasteiger partial charge in [-0.05, 0) is 25.8 Å². The van der Waals surface area contributed by atoms with Crippen molar-refractivity contribution in [3.63, 3.8) is 0 Å². The molecule has 0 aromatic heterocycles. The molecule has 124 valence electrons. The number of hydrogen-bond acceptors (Lipinski definition) is 3. The molecule has 3 rings (SSSR count). The fraction of sp³-hybridized carbons (Fsp3) is 0.529. The summed E-state index contributed by atoms with van der Waals surface area (Å²) < 4.78 is 5.88. The number of carbonyl (C=O) groups is 2. The van der Waals surface area contributed by atoms with Gasteiger partial charge in [0.15, 0.2) is 0 Å². The van der Waals surface area contributed by atoms with Crippen LogP contribution >= 0.6 is 11.6 Å². The van der Waals surface area contributed by atoms with Crippen LogP contribution in [0.25, 0.3) is 0 Å². The van der Waals surface area contributed by atoms with Crippen molar-refractivity contribution in [1.82, 2.24) is 10.2 Å². The van der Waals surface area contributed by atoms with Crippen molar-refractivity contribution in [1.29, 1.82) is 0 Å². The smallest absolute Gasteiger partial charge is 0.245 e. The molecule has 23 heavy (non-hydrogen) atoms. The Bertz CT molecular complexity index is 607. The molecule has 2 aliphatic rings. The number of morpholine rings is 1. The number of hydrogen-bond donors (Lipinski definition) is 1. The molecule has 1 aromatic rings. The summed E-state index contributed by atoms with van der Waals surface area (Å²) in [5.74, 6) is -0.0657. The van der Waals surface area contributed by atoms with Crippen LogP contribution in [0.1, 0.15) is 37.9 Å². The van der Waals surface area contributed by atoms with Crippen molar-refractivity contribution >= 4 is 23.4 Å². The zero-order chi connectivity index (χ0) is 16.4. The molecule has 2 saturated heterocycles. The lowest BCUT2D eigenvalue weighted by Gasteiger charge is -2.40. The number of piperidine rings is 1. The number of amides is 2. The SMILES string of the molecule is C[C@@H]1CO[C@@H](c2ccccc2Cl)CN1C(=O)[C@H]1CCCC(=O)N1. The topological polar surface area (TPSA) is 58.6 Å². The van der Waals surface area contributed by atoms with E-state index in [1.54, 1.807) is 0 Å².